The van der Waals surface area contributed by atoms with Gasteiger partial charge in [-0.1, -0.05) is 54.4 Å². The van der Waals surface area contributed by atoms with Crippen molar-refractivity contribution in [2.45, 2.75) is 54.4 Å². The molecule has 0 nitrogen and oxygen atoms in total. The standard InChI is InChI=1S/C12H25/c1-7-9(3)11(5)12(6)10(4)8-2/h9-11H,7-8H2,1-6H3. The van der Waals surface area contributed by atoms with E-state index in [9.17, 15) is 0 Å². The summed E-state index contributed by atoms with van der Waals surface area (Å²) < 4.78 is 0. The van der Waals surface area contributed by atoms with E-state index in [4.69, 9.17) is 0 Å². The minimum Gasteiger partial charge on any atom is -0.0651 e. The van der Waals surface area contributed by atoms with Crippen molar-refractivity contribution in [3.63, 3.8) is 0 Å². The van der Waals surface area contributed by atoms with E-state index >= 15 is 0 Å². The molecule has 0 amide bonds. The summed E-state index contributed by atoms with van der Waals surface area (Å²) in [6, 6.07) is 0. The predicted molar refractivity (Wildman–Crippen MR) is 57.0 cm³/mol. The second kappa shape index (κ2) is 5.61. The quantitative estimate of drug-likeness (QED) is 0.575. The second-order valence-electron chi connectivity index (χ2n) is 4.23. The van der Waals surface area contributed by atoms with Crippen LogP contribution in [-0.2, 0) is 0 Å². The van der Waals surface area contributed by atoms with Crippen LogP contribution in [0.4, 0.5) is 0 Å². The van der Waals surface area contributed by atoms with Gasteiger partial charge in [0.15, 0.2) is 0 Å². The molecule has 3 unspecified atom stereocenters. The van der Waals surface area contributed by atoms with Crippen LogP contribution in [0.5, 0.6) is 0 Å². The molecule has 73 valence electrons. The van der Waals surface area contributed by atoms with Crippen molar-refractivity contribution in [1.82, 2.24) is 0 Å². The highest BCUT2D eigenvalue weighted by atomic mass is 14.3. The fourth-order valence-electron chi connectivity index (χ4n) is 1.57. The van der Waals surface area contributed by atoms with Crippen molar-refractivity contribution in [2.24, 2.45) is 17.8 Å². The molecule has 0 heteroatoms. The first-order chi connectivity index (χ1) is 5.54. The summed E-state index contributed by atoms with van der Waals surface area (Å²) in [5.41, 5.74) is 0. The third kappa shape index (κ3) is 3.16. The van der Waals surface area contributed by atoms with Crippen LogP contribution in [0.15, 0.2) is 0 Å². The van der Waals surface area contributed by atoms with E-state index in [-0.39, 0.29) is 0 Å². The average molecular weight is 169 g/mol. The maximum Gasteiger partial charge on any atom is -0.0213 e. The maximum atomic E-state index is 2.37. The van der Waals surface area contributed by atoms with E-state index in [1.165, 1.54) is 12.8 Å². The molecule has 1 radical (unpaired) electrons. The highest BCUT2D eigenvalue weighted by Gasteiger charge is 2.21. The third-order valence-electron chi connectivity index (χ3n) is 3.61. The summed E-state index contributed by atoms with van der Waals surface area (Å²) >= 11 is 0. The monoisotopic (exact) mass is 169 g/mol. The minimum atomic E-state index is 0.796. The van der Waals surface area contributed by atoms with Gasteiger partial charge >= 0.3 is 0 Å². The first-order valence-corrected chi connectivity index (χ1v) is 5.37. The van der Waals surface area contributed by atoms with Gasteiger partial charge in [0, 0.05) is 0 Å². The molecule has 0 aliphatic heterocycles. The normalized spacial score (nSPS) is 19.2. The highest BCUT2D eigenvalue weighted by Crippen LogP contribution is 2.31. The smallest absolute Gasteiger partial charge is 0.0213 e. The fourth-order valence-corrected chi connectivity index (χ4v) is 1.57. The van der Waals surface area contributed by atoms with Crippen LogP contribution in [-0.4, -0.2) is 0 Å². The molecular formula is C12H25. The number of rotatable bonds is 5. The highest BCUT2D eigenvalue weighted by molar-refractivity contribution is 4.95. The fraction of sp³-hybridized carbons (Fsp3) is 0.917. The molecule has 12 heavy (non-hydrogen) atoms. The first kappa shape index (κ1) is 12.0. The Morgan fingerprint density at radius 3 is 1.83 bits per heavy atom. The Balaban J connectivity index is 3.99. The Morgan fingerprint density at radius 2 is 1.50 bits per heavy atom. The summed E-state index contributed by atoms with van der Waals surface area (Å²) in [6.45, 7) is 14.0. The average Bonchev–Trinajstić information content (AvgIpc) is 2.12. The van der Waals surface area contributed by atoms with Crippen molar-refractivity contribution in [1.29, 1.82) is 0 Å². The molecule has 0 aromatic carbocycles. The van der Waals surface area contributed by atoms with Gasteiger partial charge in [0.1, 0.15) is 0 Å². The largest absolute Gasteiger partial charge is 0.0651 e. The van der Waals surface area contributed by atoms with Gasteiger partial charge in [-0.3, -0.25) is 0 Å². The molecule has 0 rings (SSSR count). The van der Waals surface area contributed by atoms with Gasteiger partial charge in [0.05, 0.1) is 0 Å². The molecular weight excluding hydrogens is 144 g/mol. The third-order valence-corrected chi connectivity index (χ3v) is 3.61. The summed E-state index contributed by atoms with van der Waals surface area (Å²) in [4.78, 5) is 0. The predicted octanol–water partition coefficient (Wildman–Crippen LogP) is 4.31. The molecule has 0 aromatic rings. The van der Waals surface area contributed by atoms with Crippen LogP contribution in [0.2, 0.25) is 0 Å². The maximum absolute atomic E-state index is 2.37. The van der Waals surface area contributed by atoms with Crippen LogP contribution in [0, 0.1) is 23.7 Å². The molecule has 0 heterocycles. The molecule has 0 aromatic heterocycles. The second-order valence-corrected chi connectivity index (χ2v) is 4.23. The lowest BCUT2D eigenvalue weighted by Gasteiger charge is -2.29. The van der Waals surface area contributed by atoms with Gasteiger partial charge < -0.3 is 0 Å². The SMILES string of the molecule is CCC(C)[C](C)C(C)C(C)CC. The van der Waals surface area contributed by atoms with Crippen molar-refractivity contribution in [3.05, 3.63) is 5.92 Å². The zero-order valence-corrected chi connectivity index (χ0v) is 9.65. The van der Waals surface area contributed by atoms with Crippen molar-refractivity contribution in [3.8, 4) is 0 Å². The molecule has 0 spiro atoms. The topological polar surface area (TPSA) is 0 Å². The lowest BCUT2D eigenvalue weighted by atomic mass is 9.77. The zero-order chi connectivity index (χ0) is 9.72. The van der Waals surface area contributed by atoms with Crippen LogP contribution in [0.3, 0.4) is 0 Å². The Kier molecular flexibility index (Phi) is 5.61. The summed E-state index contributed by atoms with van der Waals surface area (Å²) in [5, 5.41) is 0. The molecule has 0 aliphatic rings. The van der Waals surface area contributed by atoms with Gasteiger partial charge in [-0.25, -0.2) is 0 Å². The minimum absolute atomic E-state index is 0.796. The number of hydrogen-bond acceptors (Lipinski definition) is 0. The molecule has 0 fully saturated rings. The summed E-state index contributed by atoms with van der Waals surface area (Å²) in [5.74, 6) is 4.13. The van der Waals surface area contributed by atoms with E-state index in [2.05, 4.69) is 41.5 Å². The molecule has 0 aliphatic carbocycles. The zero-order valence-electron chi connectivity index (χ0n) is 9.65. The molecule has 3 atom stereocenters. The lowest BCUT2D eigenvalue weighted by molar-refractivity contribution is 0.340. The van der Waals surface area contributed by atoms with Gasteiger partial charge in [0.25, 0.3) is 0 Å². The van der Waals surface area contributed by atoms with Crippen molar-refractivity contribution in [2.75, 3.05) is 0 Å². The van der Waals surface area contributed by atoms with Crippen LogP contribution < -0.4 is 0 Å². The van der Waals surface area contributed by atoms with Gasteiger partial charge in [0.2, 0.25) is 0 Å². The Morgan fingerprint density at radius 1 is 1.00 bits per heavy atom. The Labute approximate surface area is 78.8 Å². The Bertz CT molecular complexity index is 92.6. The molecule has 0 saturated carbocycles. The molecule has 0 saturated heterocycles. The van der Waals surface area contributed by atoms with Crippen molar-refractivity contribution >= 4 is 0 Å². The molecule has 0 bridgehead atoms. The van der Waals surface area contributed by atoms with Crippen molar-refractivity contribution < 1.29 is 0 Å². The van der Waals surface area contributed by atoms with Crippen LogP contribution >= 0.6 is 0 Å². The summed E-state index contributed by atoms with van der Waals surface area (Å²) in [7, 11) is 0. The van der Waals surface area contributed by atoms with E-state index in [1.54, 1.807) is 5.92 Å². The van der Waals surface area contributed by atoms with E-state index < -0.39 is 0 Å². The van der Waals surface area contributed by atoms with Crippen LogP contribution in [0.1, 0.15) is 54.4 Å². The van der Waals surface area contributed by atoms with E-state index in [0.29, 0.717) is 0 Å². The van der Waals surface area contributed by atoms with Gasteiger partial charge in [-0.15, -0.1) is 0 Å². The first-order valence-electron chi connectivity index (χ1n) is 5.37. The van der Waals surface area contributed by atoms with E-state index in [1.807, 2.05) is 0 Å². The Hall–Kier alpha value is 0. The van der Waals surface area contributed by atoms with Gasteiger partial charge in [-0.05, 0) is 23.7 Å². The van der Waals surface area contributed by atoms with Gasteiger partial charge in [-0.2, -0.15) is 0 Å². The number of hydrogen-bond donors (Lipinski definition) is 0. The van der Waals surface area contributed by atoms with Crippen LogP contribution in [0.25, 0.3) is 0 Å². The lowest BCUT2D eigenvalue weighted by Crippen LogP contribution is -2.19. The molecule has 0 N–H and O–H groups in total. The summed E-state index contributed by atoms with van der Waals surface area (Å²) in [6.07, 6.45) is 2.58. The van der Waals surface area contributed by atoms with E-state index in [0.717, 1.165) is 17.8 Å².